The van der Waals surface area contributed by atoms with Crippen molar-refractivity contribution in [1.82, 2.24) is 15.1 Å². The van der Waals surface area contributed by atoms with Crippen LogP contribution in [0.5, 0.6) is 0 Å². The van der Waals surface area contributed by atoms with Gasteiger partial charge in [0.25, 0.3) is 0 Å². The number of carbonyl (C=O) groups is 2. The highest BCUT2D eigenvalue weighted by atomic mass is 16.2. The van der Waals surface area contributed by atoms with E-state index < -0.39 is 0 Å². The maximum atomic E-state index is 11.8. The zero-order valence-electron chi connectivity index (χ0n) is 11.3. The number of carbonyl (C=O) groups excluding carboxylic acids is 2. The van der Waals surface area contributed by atoms with Crippen LogP contribution in [-0.4, -0.2) is 60.4 Å². The monoisotopic (exact) mass is 253 g/mol. The van der Waals surface area contributed by atoms with Crippen LogP contribution in [0.4, 0.5) is 0 Å². The van der Waals surface area contributed by atoms with E-state index in [1.807, 2.05) is 18.7 Å². The van der Waals surface area contributed by atoms with Gasteiger partial charge in [-0.15, -0.1) is 0 Å². The van der Waals surface area contributed by atoms with E-state index in [2.05, 4.69) is 10.2 Å². The first kappa shape index (κ1) is 13.3. The molecule has 0 aromatic heterocycles. The first-order valence-corrected chi connectivity index (χ1v) is 6.87. The van der Waals surface area contributed by atoms with E-state index in [0.717, 1.165) is 39.0 Å². The third kappa shape index (κ3) is 3.70. The largest absolute Gasteiger partial charge is 0.352 e. The molecule has 1 aliphatic heterocycles. The van der Waals surface area contributed by atoms with Crippen LogP contribution in [0.25, 0.3) is 0 Å². The molecular weight excluding hydrogens is 230 g/mol. The number of rotatable bonds is 4. The molecule has 2 amide bonds. The average molecular weight is 253 g/mol. The van der Waals surface area contributed by atoms with Gasteiger partial charge in [0.2, 0.25) is 11.8 Å². The van der Waals surface area contributed by atoms with E-state index >= 15 is 0 Å². The van der Waals surface area contributed by atoms with Gasteiger partial charge in [-0.2, -0.15) is 0 Å². The van der Waals surface area contributed by atoms with Gasteiger partial charge in [-0.3, -0.25) is 14.5 Å². The first-order chi connectivity index (χ1) is 8.56. The molecule has 1 aliphatic carbocycles. The minimum atomic E-state index is 0.0646. The Labute approximate surface area is 108 Å². The summed E-state index contributed by atoms with van der Waals surface area (Å²) in [5, 5.41) is 2.99. The van der Waals surface area contributed by atoms with Crippen LogP contribution in [-0.2, 0) is 9.59 Å². The maximum absolute atomic E-state index is 11.8. The fraction of sp³-hybridized carbons (Fsp3) is 0.846. The summed E-state index contributed by atoms with van der Waals surface area (Å²) in [4.78, 5) is 27.5. The Balaban J connectivity index is 1.69. The van der Waals surface area contributed by atoms with Crippen molar-refractivity contribution >= 4 is 11.8 Å². The molecule has 2 fully saturated rings. The van der Waals surface area contributed by atoms with Crippen LogP contribution in [0, 0.1) is 5.92 Å². The van der Waals surface area contributed by atoms with Gasteiger partial charge in [-0.1, -0.05) is 13.8 Å². The summed E-state index contributed by atoms with van der Waals surface area (Å²) in [7, 11) is 0. The molecule has 18 heavy (non-hydrogen) atoms. The van der Waals surface area contributed by atoms with Crippen molar-refractivity contribution < 1.29 is 9.59 Å². The highest BCUT2D eigenvalue weighted by Crippen LogP contribution is 2.18. The molecule has 0 aromatic rings. The molecule has 2 rings (SSSR count). The molecule has 5 heteroatoms. The minimum absolute atomic E-state index is 0.0646. The molecule has 1 saturated carbocycles. The van der Waals surface area contributed by atoms with Crippen LogP contribution < -0.4 is 5.32 Å². The Morgan fingerprint density at radius 1 is 1.17 bits per heavy atom. The zero-order chi connectivity index (χ0) is 13.1. The Kier molecular flexibility index (Phi) is 4.22. The average Bonchev–Trinajstić information content (AvgIpc) is 3.12. The van der Waals surface area contributed by atoms with Gasteiger partial charge in [0, 0.05) is 38.1 Å². The highest BCUT2D eigenvalue weighted by molar-refractivity contribution is 5.79. The van der Waals surface area contributed by atoms with Crippen LogP contribution in [0.1, 0.15) is 26.7 Å². The predicted octanol–water partition coefficient (Wildman–Crippen LogP) is 0.0652. The molecule has 2 aliphatic rings. The summed E-state index contributed by atoms with van der Waals surface area (Å²) < 4.78 is 0. The van der Waals surface area contributed by atoms with E-state index in [9.17, 15) is 9.59 Å². The molecule has 1 saturated heterocycles. The Bertz CT molecular complexity index is 318. The van der Waals surface area contributed by atoms with Gasteiger partial charge in [-0.05, 0) is 12.8 Å². The molecule has 0 aromatic carbocycles. The summed E-state index contributed by atoms with van der Waals surface area (Å²) in [5.41, 5.74) is 0. The van der Waals surface area contributed by atoms with Crippen molar-refractivity contribution in [2.45, 2.75) is 32.7 Å². The van der Waals surface area contributed by atoms with Crippen LogP contribution in [0.3, 0.4) is 0 Å². The number of amides is 2. The fourth-order valence-corrected chi connectivity index (χ4v) is 2.20. The Morgan fingerprint density at radius 2 is 1.78 bits per heavy atom. The fourth-order valence-electron chi connectivity index (χ4n) is 2.20. The summed E-state index contributed by atoms with van der Waals surface area (Å²) in [5.74, 6) is 0.410. The predicted molar refractivity (Wildman–Crippen MR) is 69.0 cm³/mol. The molecule has 0 atom stereocenters. The molecule has 5 nitrogen and oxygen atoms in total. The second kappa shape index (κ2) is 5.69. The lowest BCUT2D eigenvalue weighted by Gasteiger charge is -2.35. The maximum Gasteiger partial charge on any atom is 0.234 e. The molecule has 0 radical (unpaired) electrons. The first-order valence-electron chi connectivity index (χ1n) is 6.87. The van der Waals surface area contributed by atoms with Crippen LogP contribution in [0.2, 0.25) is 0 Å². The molecule has 0 spiro atoms. The Hall–Kier alpha value is -1.10. The third-order valence-electron chi connectivity index (χ3n) is 3.49. The van der Waals surface area contributed by atoms with Crippen LogP contribution >= 0.6 is 0 Å². The van der Waals surface area contributed by atoms with Crippen molar-refractivity contribution in [3.63, 3.8) is 0 Å². The molecule has 1 N–H and O–H groups in total. The number of hydrogen-bond acceptors (Lipinski definition) is 3. The van der Waals surface area contributed by atoms with Gasteiger partial charge in [0.1, 0.15) is 0 Å². The standard InChI is InChI=1S/C13H23N3O2/c1-10(2)13(18)16-7-5-15(6-8-16)9-12(17)14-11-3-4-11/h10-11H,3-9H2,1-2H3,(H,14,17). The van der Waals surface area contributed by atoms with Crippen LogP contribution in [0.15, 0.2) is 0 Å². The van der Waals surface area contributed by atoms with E-state index in [1.54, 1.807) is 0 Å². The van der Waals surface area contributed by atoms with Crippen molar-refractivity contribution in [3.05, 3.63) is 0 Å². The molecule has 0 unspecified atom stereocenters. The lowest BCUT2D eigenvalue weighted by atomic mass is 10.1. The third-order valence-corrected chi connectivity index (χ3v) is 3.49. The second-order valence-electron chi connectivity index (χ2n) is 5.60. The summed E-state index contributed by atoms with van der Waals surface area (Å²) in [6, 6.07) is 0.432. The summed E-state index contributed by atoms with van der Waals surface area (Å²) in [6.45, 7) is 7.42. The lowest BCUT2D eigenvalue weighted by Crippen LogP contribution is -2.52. The quantitative estimate of drug-likeness (QED) is 0.771. The zero-order valence-corrected chi connectivity index (χ0v) is 11.3. The summed E-state index contributed by atoms with van der Waals surface area (Å²) >= 11 is 0. The van der Waals surface area contributed by atoms with Gasteiger partial charge >= 0.3 is 0 Å². The van der Waals surface area contributed by atoms with E-state index in [-0.39, 0.29) is 17.7 Å². The van der Waals surface area contributed by atoms with E-state index in [1.165, 1.54) is 0 Å². The molecule has 0 bridgehead atoms. The second-order valence-corrected chi connectivity index (χ2v) is 5.60. The van der Waals surface area contributed by atoms with Gasteiger partial charge < -0.3 is 10.2 Å². The molecule has 102 valence electrons. The topological polar surface area (TPSA) is 52.7 Å². The number of piperazine rings is 1. The number of hydrogen-bond donors (Lipinski definition) is 1. The highest BCUT2D eigenvalue weighted by Gasteiger charge is 2.26. The van der Waals surface area contributed by atoms with Gasteiger partial charge in [0.05, 0.1) is 6.54 Å². The van der Waals surface area contributed by atoms with Crippen molar-refractivity contribution in [3.8, 4) is 0 Å². The van der Waals surface area contributed by atoms with Gasteiger partial charge in [-0.25, -0.2) is 0 Å². The molecule has 1 heterocycles. The Morgan fingerprint density at radius 3 is 2.28 bits per heavy atom. The van der Waals surface area contributed by atoms with Crippen molar-refractivity contribution in [2.75, 3.05) is 32.7 Å². The van der Waals surface area contributed by atoms with Crippen molar-refractivity contribution in [1.29, 1.82) is 0 Å². The van der Waals surface area contributed by atoms with E-state index in [0.29, 0.717) is 12.6 Å². The minimum Gasteiger partial charge on any atom is -0.352 e. The van der Waals surface area contributed by atoms with E-state index in [4.69, 9.17) is 0 Å². The number of nitrogens with one attached hydrogen (secondary N) is 1. The smallest absolute Gasteiger partial charge is 0.234 e. The van der Waals surface area contributed by atoms with Crippen molar-refractivity contribution in [2.24, 2.45) is 5.92 Å². The normalized spacial score (nSPS) is 21.2. The lowest BCUT2D eigenvalue weighted by molar-refractivity contribution is -0.136. The number of nitrogens with zero attached hydrogens (tertiary/aromatic N) is 2. The summed E-state index contributed by atoms with van der Waals surface area (Å²) in [6.07, 6.45) is 2.25. The molecular formula is C13H23N3O2. The van der Waals surface area contributed by atoms with Gasteiger partial charge in [0.15, 0.2) is 0 Å². The SMILES string of the molecule is CC(C)C(=O)N1CCN(CC(=O)NC2CC2)CC1.